The minimum atomic E-state index is -0.320. The van der Waals surface area contributed by atoms with Gasteiger partial charge in [0.15, 0.2) is 0 Å². The zero-order valence-electron chi connectivity index (χ0n) is 10.00. The molecule has 1 aromatic heterocycles. The zero-order valence-corrected chi connectivity index (χ0v) is 10.00. The van der Waals surface area contributed by atoms with Crippen LogP contribution in [0.1, 0.15) is 21.6 Å². The molecule has 4 nitrogen and oxygen atoms in total. The number of hydrogen-bond acceptors (Lipinski definition) is 3. The topological polar surface area (TPSA) is 54.4 Å². The number of nitrogens with one attached hydrogen (secondary N) is 1. The van der Waals surface area contributed by atoms with Crippen molar-refractivity contribution in [1.82, 2.24) is 10.4 Å². The van der Waals surface area contributed by atoms with Gasteiger partial charge in [0.1, 0.15) is 5.69 Å². The molecule has 0 atom stereocenters. The second-order valence-corrected chi connectivity index (χ2v) is 3.82. The van der Waals surface area contributed by atoms with Gasteiger partial charge < -0.3 is 0 Å². The van der Waals surface area contributed by atoms with E-state index in [-0.39, 0.29) is 5.91 Å². The fourth-order valence-electron chi connectivity index (χ4n) is 1.37. The number of hydrazone groups is 1. The average molecular weight is 239 g/mol. The van der Waals surface area contributed by atoms with E-state index in [9.17, 15) is 4.79 Å². The van der Waals surface area contributed by atoms with Crippen molar-refractivity contribution >= 4 is 12.1 Å². The van der Waals surface area contributed by atoms with E-state index in [1.54, 1.807) is 30.6 Å². The predicted molar refractivity (Wildman–Crippen MR) is 70.5 cm³/mol. The highest BCUT2D eigenvalue weighted by molar-refractivity contribution is 5.93. The lowest BCUT2D eigenvalue weighted by atomic mass is 10.2. The Labute approximate surface area is 105 Å². The highest BCUT2D eigenvalue weighted by atomic mass is 16.2. The monoisotopic (exact) mass is 239 g/mol. The van der Waals surface area contributed by atoms with Gasteiger partial charge in [0, 0.05) is 6.20 Å². The minimum absolute atomic E-state index is 0.320. The highest BCUT2D eigenvalue weighted by Crippen LogP contribution is 2.00. The number of carbonyl (C=O) groups is 1. The molecule has 1 aromatic carbocycles. The van der Waals surface area contributed by atoms with Crippen LogP contribution in [-0.2, 0) is 0 Å². The van der Waals surface area contributed by atoms with E-state index >= 15 is 0 Å². The lowest BCUT2D eigenvalue weighted by molar-refractivity contribution is 0.0950. The molecule has 0 bridgehead atoms. The molecule has 0 aliphatic carbocycles. The minimum Gasteiger partial charge on any atom is -0.266 e. The Morgan fingerprint density at radius 3 is 2.67 bits per heavy atom. The van der Waals surface area contributed by atoms with Crippen LogP contribution >= 0.6 is 0 Å². The lowest BCUT2D eigenvalue weighted by Crippen LogP contribution is -2.18. The first-order chi connectivity index (χ1) is 8.75. The molecule has 0 saturated carbocycles. The smallest absolute Gasteiger partial charge is 0.266 e. The van der Waals surface area contributed by atoms with E-state index in [1.165, 1.54) is 5.56 Å². The lowest BCUT2D eigenvalue weighted by Gasteiger charge is -1.98. The molecule has 2 aromatic rings. The van der Waals surface area contributed by atoms with Crippen molar-refractivity contribution < 1.29 is 4.79 Å². The van der Waals surface area contributed by atoms with Crippen molar-refractivity contribution in [3.05, 3.63) is 65.5 Å². The van der Waals surface area contributed by atoms with Crippen LogP contribution in [0.25, 0.3) is 0 Å². The van der Waals surface area contributed by atoms with Gasteiger partial charge in [-0.05, 0) is 24.6 Å². The average Bonchev–Trinajstić information content (AvgIpc) is 2.42. The Bertz CT molecular complexity index is 547. The Hall–Kier alpha value is -2.49. The van der Waals surface area contributed by atoms with Crippen molar-refractivity contribution in [2.24, 2.45) is 5.10 Å². The fraction of sp³-hybridized carbons (Fsp3) is 0.0714. The summed E-state index contributed by atoms with van der Waals surface area (Å²) in [5, 5.41) is 3.88. The second kappa shape index (κ2) is 5.72. The van der Waals surface area contributed by atoms with Crippen molar-refractivity contribution in [1.29, 1.82) is 0 Å². The summed E-state index contributed by atoms with van der Waals surface area (Å²) in [5.41, 5.74) is 4.89. The Balaban J connectivity index is 1.96. The Morgan fingerprint density at radius 1 is 1.22 bits per heavy atom. The number of nitrogens with zero attached hydrogens (tertiary/aromatic N) is 2. The maximum atomic E-state index is 11.6. The molecular weight excluding hydrogens is 226 g/mol. The number of rotatable bonds is 3. The Morgan fingerprint density at radius 2 is 2.00 bits per heavy atom. The fourth-order valence-corrected chi connectivity index (χ4v) is 1.37. The number of aromatic nitrogens is 1. The molecule has 0 saturated heterocycles. The second-order valence-electron chi connectivity index (χ2n) is 3.82. The van der Waals surface area contributed by atoms with Crippen molar-refractivity contribution in [2.75, 3.05) is 0 Å². The van der Waals surface area contributed by atoms with Crippen LogP contribution < -0.4 is 5.43 Å². The van der Waals surface area contributed by atoms with E-state index in [0.29, 0.717) is 5.69 Å². The van der Waals surface area contributed by atoms with E-state index < -0.39 is 0 Å². The van der Waals surface area contributed by atoms with Gasteiger partial charge >= 0.3 is 0 Å². The van der Waals surface area contributed by atoms with Crippen LogP contribution in [0.2, 0.25) is 0 Å². The van der Waals surface area contributed by atoms with Gasteiger partial charge in [-0.1, -0.05) is 35.9 Å². The first-order valence-corrected chi connectivity index (χ1v) is 5.57. The molecule has 0 radical (unpaired) electrons. The number of pyridine rings is 1. The van der Waals surface area contributed by atoms with Crippen molar-refractivity contribution in [2.45, 2.75) is 6.92 Å². The molecule has 90 valence electrons. The van der Waals surface area contributed by atoms with E-state index in [4.69, 9.17) is 0 Å². The van der Waals surface area contributed by atoms with E-state index in [0.717, 1.165) is 5.56 Å². The maximum absolute atomic E-state index is 11.6. The molecule has 1 amide bonds. The van der Waals surface area contributed by atoms with Crippen LogP contribution in [0, 0.1) is 6.92 Å². The molecule has 0 fully saturated rings. The molecule has 18 heavy (non-hydrogen) atoms. The molecule has 0 unspecified atom stereocenters. The highest BCUT2D eigenvalue weighted by Gasteiger charge is 2.03. The van der Waals surface area contributed by atoms with E-state index in [2.05, 4.69) is 15.5 Å². The van der Waals surface area contributed by atoms with Gasteiger partial charge in [-0.15, -0.1) is 0 Å². The number of hydrogen-bond donors (Lipinski definition) is 1. The Kier molecular flexibility index (Phi) is 3.81. The third-order valence-electron chi connectivity index (χ3n) is 2.35. The SMILES string of the molecule is Cc1ccc(C=NNC(=O)c2ccccn2)cc1. The third-order valence-corrected chi connectivity index (χ3v) is 2.35. The summed E-state index contributed by atoms with van der Waals surface area (Å²) in [6, 6.07) is 13.0. The normalized spacial score (nSPS) is 10.5. The first kappa shape index (κ1) is 12.0. The molecule has 2 rings (SSSR count). The molecule has 0 aliphatic heterocycles. The number of benzene rings is 1. The van der Waals surface area contributed by atoms with Crippen LogP contribution in [0.4, 0.5) is 0 Å². The maximum Gasteiger partial charge on any atom is 0.289 e. The van der Waals surface area contributed by atoms with Crippen LogP contribution in [-0.4, -0.2) is 17.1 Å². The molecule has 1 heterocycles. The largest absolute Gasteiger partial charge is 0.289 e. The first-order valence-electron chi connectivity index (χ1n) is 5.57. The number of amides is 1. The standard InChI is InChI=1S/C14H13N3O/c1-11-5-7-12(8-6-11)10-16-17-14(18)13-4-2-3-9-15-13/h2-10H,1H3,(H,17,18). The van der Waals surface area contributed by atoms with Crippen molar-refractivity contribution in [3.8, 4) is 0 Å². The summed E-state index contributed by atoms with van der Waals surface area (Å²) >= 11 is 0. The molecule has 4 heteroatoms. The van der Waals surface area contributed by atoms with Crippen molar-refractivity contribution in [3.63, 3.8) is 0 Å². The molecular formula is C14H13N3O. The summed E-state index contributed by atoms with van der Waals surface area (Å²) in [5.74, 6) is -0.320. The van der Waals surface area contributed by atoms with Gasteiger partial charge in [-0.2, -0.15) is 5.10 Å². The van der Waals surface area contributed by atoms with Crippen LogP contribution in [0.3, 0.4) is 0 Å². The van der Waals surface area contributed by atoms with Gasteiger partial charge in [-0.25, -0.2) is 5.43 Å². The summed E-state index contributed by atoms with van der Waals surface area (Å²) in [7, 11) is 0. The van der Waals surface area contributed by atoms with Crippen LogP contribution in [0.5, 0.6) is 0 Å². The summed E-state index contributed by atoms with van der Waals surface area (Å²) in [6.45, 7) is 2.02. The molecule has 0 spiro atoms. The summed E-state index contributed by atoms with van der Waals surface area (Å²) < 4.78 is 0. The van der Waals surface area contributed by atoms with E-state index in [1.807, 2.05) is 31.2 Å². The quantitative estimate of drug-likeness (QED) is 0.659. The summed E-state index contributed by atoms with van der Waals surface area (Å²) in [6.07, 6.45) is 3.17. The van der Waals surface area contributed by atoms with Gasteiger partial charge in [-0.3, -0.25) is 9.78 Å². The third kappa shape index (κ3) is 3.25. The molecule has 0 aliphatic rings. The van der Waals surface area contributed by atoms with Gasteiger partial charge in [0.25, 0.3) is 5.91 Å². The number of carbonyl (C=O) groups excluding carboxylic acids is 1. The predicted octanol–water partition coefficient (Wildman–Crippen LogP) is 2.15. The zero-order chi connectivity index (χ0) is 12.8. The van der Waals surface area contributed by atoms with Gasteiger partial charge in [0.05, 0.1) is 6.21 Å². The molecule has 1 N–H and O–H groups in total. The summed E-state index contributed by atoms with van der Waals surface area (Å²) in [4.78, 5) is 15.5. The number of aryl methyl sites for hydroxylation is 1. The van der Waals surface area contributed by atoms with Crippen LogP contribution in [0.15, 0.2) is 53.8 Å². The van der Waals surface area contributed by atoms with Gasteiger partial charge in [0.2, 0.25) is 0 Å².